The maximum Gasteiger partial charge on any atom is 0.240 e. The SMILES string of the molecule is COc1ccccc1N1CCCC(NS(=O)(=O)c2ccc(C)c(F)c2)C1. The standard InChI is InChI=1S/C19H23FN2O3S/c1-14-9-10-16(12-17(14)20)26(23,24)21-15-6-5-11-22(13-15)18-7-3-4-8-19(18)25-2/h3-4,7-10,12,15,21H,5-6,11,13H2,1-2H3. The molecule has 1 aliphatic rings. The molecule has 1 saturated heterocycles. The van der Waals surface area contributed by atoms with Gasteiger partial charge in [0.1, 0.15) is 11.6 Å². The van der Waals surface area contributed by atoms with Crippen LogP contribution in [0, 0.1) is 12.7 Å². The molecule has 0 aliphatic carbocycles. The van der Waals surface area contributed by atoms with Gasteiger partial charge in [0, 0.05) is 19.1 Å². The number of rotatable bonds is 5. The van der Waals surface area contributed by atoms with Crippen LogP contribution >= 0.6 is 0 Å². The molecule has 140 valence electrons. The van der Waals surface area contributed by atoms with Gasteiger partial charge in [-0.3, -0.25) is 0 Å². The molecular formula is C19H23FN2O3S. The van der Waals surface area contributed by atoms with Gasteiger partial charge in [0.05, 0.1) is 17.7 Å². The molecule has 1 unspecified atom stereocenters. The smallest absolute Gasteiger partial charge is 0.240 e. The van der Waals surface area contributed by atoms with Crippen molar-refractivity contribution in [2.75, 3.05) is 25.1 Å². The lowest BCUT2D eigenvalue weighted by atomic mass is 10.1. The fraction of sp³-hybridized carbons (Fsp3) is 0.368. The van der Waals surface area contributed by atoms with E-state index in [-0.39, 0.29) is 10.9 Å². The molecule has 2 aromatic carbocycles. The Labute approximate surface area is 153 Å². The van der Waals surface area contributed by atoms with Crippen LogP contribution in [0.25, 0.3) is 0 Å². The van der Waals surface area contributed by atoms with E-state index in [4.69, 9.17) is 4.74 Å². The summed E-state index contributed by atoms with van der Waals surface area (Å²) in [6.07, 6.45) is 1.59. The minimum atomic E-state index is -3.77. The number of ether oxygens (including phenoxy) is 1. The van der Waals surface area contributed by atoms with Gasteiger partial charge >= 0.3 is 0 Å². The second kappa shape index (κ2) is 7.63. The van der Waals surface area contributed by atoms with Crippen molar-refractivity contribution in [3.63, 3.8) is 0 Å². The molecule has 7 heteroatoms. The highest BCUT2D eigenvalue weighted by molar-refractivity contribution is 7.89. The molecule has 1 fully saturated rings. The molecule has 3 rings (SSSR count). The highest BCUT2D eigenvalue weighted by Gasteiger charge is 2.27. The minimum Gasteiger partial charge on any atom is -0.495 e. The van der Waals surface area contributed by atoms with Crippen LogP contribution < -0.4 is 14.4 Å². The number of aryl methyl sites for hydroxylation is 1. The molecule has 26 heavy (non-hydrogen) atoms. The molecule has 0 saturated carbocycles. The summed E-state index contributed by atoms with van der Waals surface area (Å²) in [5.41, 5.74) is 1.37. The number of sulfonamides is 1. The van der Waals surface area contributed by atoms with Gasteiger partial charge in [0.2, 0.25) is 10.0 Å². The first kappa shape index (κ1) is 18.7. The van der Waals surface area contributed by atoms with E-state index in [1.165, 1.54) is 12.1 Å². The summed E-state index contributed by atoms with van der Waals surface area (Å²) in [6.45, 7) is 2.97. The van der Waals surface area contributed by atoms with Crippen molar-refractivity contribution in [2.24, 2.45) is 0 Å². The average molecular weight is 378 g/mol. The second-order valence-corrected chi connectivity index (χ2v) is 8.20. The Balaban J connectivity index is 1.76. The number of para-hydroxylation sites is 2. The Hall–Kier alpha value is -2.12. The zero-order valence-electron chi connectivity index (χ0n) is 14.9. The third kappa shape index (κ3) is 3.99. The number of halogens is 1. The summed E-state index contributed by atoms with van der Waals surface area (Å²) in [5, 5.41) is 0. The quantitative estimate of drug-likeness (QED) is 0.869. The van der Waals surface area contributed by atoms with Crippen LogP contribution in [-0.2, 0) is 10.0 Å². The van der Waals surface area contributed by atoms with E-state index < -0.39 is 15.8 Å². The van der Waals surface area contributed by atoms with Gasteiger partial charge < -0.3 is 9.64 Å². The lowest BCUT2D eigenvalue weighted by molar-refractivity contribution is 0.409. The number of methoxy groups -OCH3 is 1. The first-order valence-electron chi connectivity index (χ1n) is 8.57. The molecule has 0 spiro atoms. The number of hydrogen-bond donors (Lipinski definition) is 1. The van der Waals surface area contributed by atoms with E-state index in [1.54, 1.807) is 14.0 Å². The van der Waals surface area contributed by atoms with Crippen LogP contribution in [0.15, 0.2) is 47.4 Å². The Morgan fingerprint density at radius 1 is 1.23 bits per heavy atom. The van der Waals surface area contributed by atoms with Crippen LogP contribution in [-0.4, -0.2) is 34.7 Å². The number of nitrogens with zero attached hydrogens (tertiary/aromatic N) is 1. The molecule has 1 N–H and O–H groups in total. The molecule has 0 aromatic heterocycles. The molecular weight excluding hydrogens is 355 g/mol. The van der Waals surface area contributed by atoms with E-state index in [9.17, 15) is 12.8 Å². The maximum absolute atomic E-state index is 13.7. The third-order valence-corrected chi connectivity index (χ3v) is 6.14. The number of hydrogen-bond acceptors (Lipinski definition) is 4. The topological polar surface area (TPSA) is 58.6 Å². The fourth-order valence-electron chi connectivity index (χ4n) is 3.21. The molecule has 2 aromatic rings. The van der Waals surface area contributed by atoms with Gasteiger partial charge in [0.25, 0.3) is 0 Å². The molecule has 0 bridgehead atoms. The Kier molecular flexibility index (Phi) is 5.48. The lowest BCUT2D eigenvalue weighted by Crippen LogP contribution is -2.47. The van der Waals surface area contributed by atoms with Crippen molar-refractivity contribution in [1.29, 1.82) is 0 Å². The van der Waals surface area contributed by atoms with E-state index in [2.05, 4.69) is 9.62 Å². The number of benzene rings is 2. The van der Waals surface area contributed by atoms with Gasteiger partial charge in [-0.15, -0.1) is 0 Å². The highest BCUT2D eigenvalue weighted by Crippen LogP contribution is 2.30. The monoisotopic (exact) mass is 378 g/mol. The predicted molar refractivity (Wildman–Crippen MR) is 99.7 cm³/mol. The van der Waals surface area contributed by atoms with Gasteiger partial charge in [0.15, 0.2) is 0 Å². The summed E-state index contributed by atoms with van der Waals surface area (Å²) in [5.74, 6) is 0.240. The van der Waals surface area contributed by atoms with Crippen molar-refractivity contribution >= 4 is 15.7 Å². The summed E-state index contributed by atoms with van der Waals surface area (Å²) < 4.78 is 47.1. The summed E-state index contributed by atoms with van der Waals surface area (Å²) >= 11 is 0. The zero-order chi connectivity index (χ0) is 18.7. The Morgan fingerprint density at radius 3 is 2.73 bits per heavy atom. The van der Waals surface area contributed by atoms with E-state index >= 15 is 0 Å². The van der Waals surface area contributed by atoms with Crippen molar-refractivity contribution < 1.29 is 17.5 Å². The molecule has 5 nitrogen and oxygen atoms in total. The van der Waals surface area contributed by atoms with Crippen LogP contribution in [0.4, 0.5) is 10.1 Å². The fourth-order valence-corrected chi connectivity index (χ4v) is 4.48. The Bertz CT molecular complexity index is 886. The van der Waals surface area contributed by atoms with Gasteiger partial charge in [-0.05, 0) is 49.6 Å². The van der Waals surface area contributed by atoms with Crippen LogP contribution in [0.5, 0.6) is 5.75 Å². The first-order chi connectivity index (χ1) is 12.4. The van der Waals surface area contributed by atoms with Crippen molar-refractivity contribution in [2.45, 2.75) is 30.7 Å². The second-order valence-electron chi connectivity index (χ2n) is 6.49. The summed E-state index contributed by atoms with van der Waals surface area (Å²) in [4.78, 5) is 2.07. The molecule has 1 aliphatic heterocycles. The van der Waals surface area contributed by atoms with Crippen LogP contribution in [0.3, 0.4) is 0 Å². The molecule has 0 amide bonds. The lowest BCUT2D eigenvalue weighted by Gasteiger charge is -2.35. The Morgan fingerprint density at radius 2 is 2.00 bits per heavy atom. The van der Waals surface area contributed by atoms with Crippen molar-refractivity contribution in [3.8, 4) is 5.75 Å². The predicted octanol–water partition coefficient (Wildman–Crippen LogP) is 3.09. The maximum atomic E-state index is 13.7. The molecule has 0 radical (unpaired) electrons. The van der Waals surface area contributed by atoms with E-state index in [0.29, 0.717) is 12.1 Å². The van der Waals surface area contributed by atoms with Crippen LogP contribution in [0.1, 0.15) is 18.4 Å². The van der Waals surface area contributed by atoms with Gasteiger partial charge in [-0.2, -0.15) is 0 Å². The molecule has 1 atom stereocenters. The number of nitrogens with one attached hydrogen (secondary N) is 1. The number of piperidine rings is 1. The van der Waals surface area contributed by atoms with E-state index in [0.717, 1.165) is 36.9 Å². The minimum absolute atomic E-state index is 0.0463. The van der Waals surface area contributed by atoms with Crippen molar-refractivity contribution in [1.82, 2.24) is 4.72 Å². The van der Waals surface area contributed by atoms with E-state index in [1.807, 2.05) is 24.3 Å². The normalized spacial score (nSPS) is 18.0. The first-order valence-corrected chi connectivity index (χ1v) is 10.1. The highest BCUT2D eigenvalue weighted by atomic mass is 32.2. The zero-order valence-corrected chi connectivity index (χ0v) is 15.7. The van der Waals surface area contributed by atoms with Gasteiger partial charge in [-0.1, -0.05) is 18.2 Å². The van der Waals surface area contributed by atoms with Crippen molar-refractivity contribution in [3.05, 3.63) is 53.8 Å². The third-order valence-electron chi connectivity index (χ3n) is 4.62. The molecule has 1 heterocycles. The van der Waals surface area contributed by atoms with Gasteiger partial charge in [-0.25, -0.2) is 17.5 Å². The summed E-state index contributed by atoms with van der Waals surface area (Å²) in [6, 6.07) is 11.4. The summed E-state index contributed by atoms with van der Waals surface area (Å²) in [7, 11) is -2.15. The van der Waals surface area contributed by atoms with Crippen LogP contribution in [0.2, 0.25) is 0 Å². The largest absolute Gasteiger partial charge is 0.495 e. The average Bonchev–Trinajstić information content (AvgIpc) is 2.63. The number of anilines is 1.